The van der Waals surface area contributed by atoms with Gasteiger partial charge in [-0.3, -0.25) is 19.0 Å². The molecule has 1 aliphatic carbocycles. The summed E-state index contributed by atoms with van der Waals surface area (Å²) in [5.74, 6) is -0.724. The minimum Gasteiger partial charge on any atom is -0.461 e. The predicted octanol–water partition coefficient (Wildman–Crippen LogP) is 3.50. The lowest BCUT2D eigenvalue weighted by Crippen LogP contribution is -2.27. The van der Waals surface area contributed by atoms with Crippen molar-refractivity contribution in [3.63, 3.8) is 0 Å². The third kappa shape index (κ3) is 4.07. The van der Waals surface area contributed by atoms with Crippen molar-refractivity contribution < 1.29 is 14.3 Å². The maximum absolute atomic E-state index is 12.9. The number of esters is 1. The minimum atomic E-state index is -0.435. The van der Waals surface area contributed by atoms with Crippen LogP contribution in [0.2, 0.25) is 0 Å². The Balaban J connectivity index is 1.57. The quantitative estimate of drug-likeness (QED) is 0.649. The van der Waals surface area contributed by atoms with Crippen LogP contribution in [0.5, 0.6) is 0 Å². The zero-order valence-corrected chi connectivity index (χ0v) is 16.8. The summed E-state index contributed by atoms with van der Waals surface area (Å²) in [6.07, 6.45) is 5.17. The lowest BCUT2D eigenvalue weighted by Gasteiger charge is -2.12. The lowest BCUT2D eigenvalue weighted by atomic mass is 10.2. The van der Waals surface area contributed by atoms with Crippen molar-refractivity contribution in [1.82, 2.24) is 9.55 Å². The number of aryl methyl sites for hydroxylation is 1. The van der Waals surface area contributed by atoms with Gasteiger partial charge in [0.25, 0.3) is 11.5 Å². The first-order chi connectivity index (χ1) is 14.0. The molecule has 2 aromatic heterocycles. The second-order valence-corrected chi connectivity index (χ2v) is 8.13. The summed E-state index contributed by atoms with van der Waals surface area (Å²) in [4.78, 5) is 43.0. The number of amides is 1. The molecule has 29 heavy (non-hydrogen) atoms. The zero-order valence-electron chi connectivity index (χ0n) is 16.0. The Morgan fingerprint density at radius 3 is 2.69 bits per heavy atom. The number of aromatic nitrogens is 2. The maximum Gasteiger partial charge on any atom is 0.326 e. The molecule has 0 saturated heterocycles. The summed E-state index contributed by atoms with van der Waals surface area (Å²) in [5.41, 5.74) is 0.898. The second kappa shape index (κ2) is 8.16. The number of carbonyl (C=O) groups is 2. The van der Waals surface area contributed by atoms with Crippen molar-refractivity contribution in [2.24, 2.45) is 0 Å². The Morgan fingerprint density at radius 2 is 1.97 bits per heavy atom. The highest BCUT2D eigenvalue weighted by atomic mass is 32.1. The first-order valence-electron chi connectivity index (χ1n) is 9.57. The van der Waals surface area contributed by atoms with E-state index < -0.39 is 5.97 Å². The Morgan fingerprint density at radius 1 is 1.24 bits per heavy atom. The minimum absolute atomic E-state index is 0.0499. The Hall–Kier alpha value is -3.00. The molecule has 3 aromatic rings. The topological polar surface area (TPSA) is 90.3 Å². The summed E-state index contributed by atoms with van der Waals surface area (Å²) in [7, 11) is 0. The Labute approximate surface area is 171 Å². The van der Waals surface area contributed by atoms with E-state index in [-0.39, 0.29) is 24.1 Å². The van der Waals surface area contributed by atoms with Crippen LogP contribution in [0.15, 0.2) is 41.5 Å². The second-order valence-electron chi connectivity index (χ2n) is 7.13. The van der Waals surface area contributed by atoms with E-state index in [0.29, 0.717) is 26.3 Å². The molecule has 1 aliphatic rings. The van der Waals surface area contributed by atoms with E-state index in [2.05, 4.69) is 10.3 Å². The van der Waals surface area contributed by atoms with E-state index in [9.17, 15) is 14.4 Å². The smallest absolute Gasteiger partial charge is 0.326 e. The number of benzene rings is 1. The van der Waals surface area contributed by atoms with E-state index in [1.54, 1.807) is 19.1 Å². The number of nitrogens with zero attached hydrogens (tertiary/aromatic N) is 2. The monoisotopic (exact) mass is 411 g/mol. The first kappa shape index (κ1) is 19.3. The van der Waals surface area contributed by atoms with E-state index in [1.165, 1.54) is 22.2 Å². The molecule has 0 unspecified atom stereocenters. The average molecular weight is 411 g/mol. The number of carbonyl (C=O) groups excluding carboxylic acids is 2. The molecule has 0 radical (unpaired) electrons. The van der Waals surface area contributed by atoms with E-state index >= 15 is 0 Å². The zero-order chi connectivity index (χ0) is 20.4. The number of fused-ring (bicyclic) bond motifs is 1. The van der Waals surface area contributed by atoms with Crippen LogP contribution < -0.4 is 10.9 Å². The van der Waals surface area contributed by atoms with Gasteiger partial charge in [0.2, 0.25) is 0 Å². The molecule has 0 spiro atoms. The van der Waals surface area contributed by atoms with Crippen molar-refractivity contribution in [2.75, 3.05) is 5.32 Å². The van der Waals surface area contributed by atoms with Crippen LogP contribution in [0.3, 0.4) is 0 Å². The van der Waals surface area contributed by atoms with Gasteiger partial charge in [-0.15, -0.1) is 11.3 Å². The highest BCUT2D eigenvalue weighted by molar-refractivity contribution is 7.20. The van der Waals surface area contributed by atoms with Crippen LogP contribution in [-0.4, -0.2) is 27.5 Å². The molecule has 1 amide bonds. The van der Waals surface area contributed by atoms with Crippen LogP contribution >= 0.6 is 11.3 Å². The van der Waals surface area contributed by atoms with Gasteiger partial charge in [0.15, 0.2) is 0 Å². The molecular formula is C21H21N3O4S. The number of nitrogens with one attached hydrogen (secondary N) is 1. The van der Waals surface area contributed by atoms with E-state index in [0.717, 1.165) is 25.7 Å². The van der Waals surface area contributed by atoms with Crippen molar-refractivity contribution in [1.29, 1.82) is 0 Å². The summed E-state index contributed by atoms with van der Waals surface area (Å²) < 4.78 is 6.68. The molecule has 1 fully saturated rings. The number of ether oxygens (including phenoxy) is 1. The summed E-state index contributed by atoms with van der Waals surface area (Å²) in [5, 5.41) is 3.19. The fraction of sp³-hybridized carbons (Fsp3) is 0.333. The molecule has 1 aromatic carbocycles. The summed E-state index contributed by atoms with van der Waals surface area (Å²) >= 11 is 1.17. The lowest BCUT2D eigenvalue weighted by molar-refractivity contribution is -0.149. The molecule has 4 rings (SSSR count). The largest absolute Gasteiger partial charge is 0.461 e. The molecule has 2 heterocycles. The number of anilines is 1. The van der Waals surface area contributed by atoms with Crippen LogP contribution in [0.1, 0.15) is 40.9 Å². The van der Waals surface area contributed by atoms with Gasteiger partial charge in [-0.1, -0.05) is 18.2 Å². The SMILES string of the molecule is Cc1c(C(=O)Nc2ccccc2)sc2ncn(CC(=O)OC3CCCC3)c(=O)c12. The summed E-state index contributed by atoms with van der Waals surface area (Å²) in [6.45, 7) is 1.54. The van der Waals surface area contributed by atoms with Crippen LogP contribution in [-0.2, 0) is 16.1 Å². The van der Waals surface area contributed by atoms with Gasteiger partial charge in [0, 0.05) is 5.69 Å². The molecule has 1 saturated carbocycles. The average Bonchev–Trinajstić information content (AvgIpc) is 3.33. The Bertz CT molecular complexity index is 1110. The molecule has 1 N–H and O–H groups in total. The van der Waals surface area contributed by atoms with Gasteiger partial charge in [-0.25, -0.2) is 4.98 Å². The van der Waals surface area contributed by atoms with Gasteiger partial charge in [0.05, 0.1) is 16.6 Å². The van der Waals surface area contributed by atoms with E-state index in [4.69, 9.17) is 4.74 Å². The number of hydrogen-bond donors (Lipinski definition) is 1. The van der Waals surface area contributed by atoms with Crippen molar-refractivity contribution in [3.8, 4) is 0 Å². The van der Waals surface area contributed by atoms with E-state index in [1.807, 2.05) is 18.2 Å². The predicted molar refractivity (Wildman–Crippen MR) is 111 cm³/mol. The maximum atomic E-state index is 12.9. The molecule has 7 nitrogen and oxygen atoms in total. The Kier molecular flexibility index (Phi) is 5.44. The third-order valence-corrected chi connectivity index (χ3v) is 6.25. The number of para-hydroxylation sites is 1. The molecule has 8 heteroatoms. The normalized spacial score (nSPS) is 14.2. The number of hydrogen-bond acceptors (Lipinski definition) is 6. The van der Waals surface area contributed by atoms with Gasteiger partial charge in [0.1, 0.15) is 17.5 Å². The molecule has 0 bridgehead atoms. The standard InChI is InChI=1S/C21H21N3O4S/c1-13-17-20(29-18(13)19(26)23-14-7-3-2-4-8-14)22-12-24(21(17)27)11-16(25)28-15-9-5-6-10-15/h2-4,7-8,12,15H,5-6,9-11H2,1H3,(H,23,26). The highest BCUT2D eigenvalue weighted by Crippen LogP contribution is 2.27. The molecule has 150 valence electrons. The van der Waals surface area contributed by atoms with Crippen LogP contribution in [0.4, 0.5) is 5.69 Å². The van der Waals surface area contributed by atoms with Crippen molar-refractivity contribution in [2.45, 2.75) is 45.3 Å². The van der Waals surface area contributed by atoms with Crippen molar-refractivity contribution >= 4 is 39.1 Å². The van der Waals surface area contributed by atoms with Gasteiger partial charge >= 0.3 is 5.97 Å². The highest BCUT2D eigenvalue weighted by Gasteiger charge is 2.22. The molecular weight excluding hydrogens is 390 g/mol. The van der Waals surface area contributed by atoms with Gasteiger partial charge < -0.3 is 10.1 Å². The van der Waals surface area contributed by atoms with Crippen LogP contribution in [0, 0.1) is 6.92 Å². The van der Waals surface area contributed by atoms with Gasteiger partial charge in [-0.05, 0) is 50.3 Å². The fourth-order valence-corrected chi connectivity index (χ4v) is 4.60. The first-order valence-corrected chi connectivity index (χ1v) is 10.4. The number of rotatable bonds is 5. The number of thiophene rings is 1. The molecule has 0 aliphatic heterocycles. The third-order valence-electron chi connectivity index (χ3n) is 5.05. The fourth-order valence-electron chi connectivity index (χ4n) is 3.57. The molecule has 0 atom stereocenters. The summed E-state index contributed by atoms with van der Waals surface area (Å²) in [6, 6.07) is 9.12. The van der Waals surface area contributed by atoms with Gasteiger partial charge in [-0.2, -0.15) is 0 Å². The van der Waals surface area contributed by atoms with Crippen molar-refractivity contribution in [3.05, 3.63) is 57.5 Å². The van der Waals surface area contributed by atoms with Crippen LogP contribution in [0.25, 0.3) is 10.2 Å².